The lowest BCUT2D eigenvalue weighted by molar-refractivity contribution is 0.262. The van der Waals surface area contributed by atoms with Crippen LogP contribution in [-0.2, 0) is 10.0 Å². The molecule has 2 heterocycles. The van der Waals surface area contributed by atoms with Crippen molar-refractivity contribution in [2.75, 3.05) is 18.4 Å². The monoisotopic (exact) mass is 452 g/mol. The van der Waals surface area contributed by atoms with E-state index < -0.39 is 21.7 Å². The zero-order chi connectivity index (χ0) is 21.3. The van der Waals surface area contributed by atoms with Crippen LogP contribution in [0.4, 0.5) is 14.6 Å². The van der Waals surface area contributed by atoms with Crippen molar-refractivity contribution in [2.45, 2.75) is 30.2 Å². The molecule has 4 rings (SSSR count). The Balaban J connectivity index is 1.53. The second-order valence-corrected chi connectivity index (χ2v) is 9.44. The fourth-order valence-electron chi connectivity index (χ4n) is 3.55. The number of halogens is 3. The van der Waals surface area contributed by atoms with Crippen LogP contribution in [0.1, 0.15) is 19.3 Å². The second-order valence-electron chi connectivity index (χ2n) is 7.11. The van der Waals surface area contributed by atoms with Gasteiger partial charge in [-0.15, -0.1) is 0 Å². The average Bonchev–Trinajstić information content (AvgIpc) is 2.73. The van der Waals surface area contributed by atoms with Gasteiger partial charge in [-0.2, -0.15) is 4.31 Å². The predicted octanol–water partition coefficient (Wildman–Crippen LogP) is 4.22. The molecular formula is C20H19ClF2N4O2S. The summed E-state index contributed by atoms with van der Waals surface area (Å²) in [5.41, 5.74) is 0.456. The number of anilines is 1. The number of benzene rings is 2. The highest BCUT2D eigenvalue weighted by molar-refractivity contribution is 7.89. The zero-order valence-corrected chi connectivity index (χ0v) is 17.4. The number of hydrogen-bond acceptors (Lipinski definition) is 5. The molecule has 1 aliphatic rings. The molecule has 1 N–H and O–H groups in total. The molecule has 3 aromatic rings. The van der Waals surface area contributed by atoms with E-state index in [-0.39, 0.29) is 22.0 Å². The van der Waals surface area contributed by atoms with Crippen molar-refractivity contribution < 1.29 is 17.2 Å². The molecule has 1 unspecified atom stereocenters. The van der Waals surface area contributed by atoms with Crippen LogP contribution in [0.15, 0.2) is 47.5 Å². The topological polar surface area (TPSA) is 75.2 Å². The maximum atomic E-state index is 13.5. The fraction of sp³-hybridized carbons (Fsp3) is 0.300. The lowest BCUT2D eigenvalue weighted by atomic mass is 10.1. The SMILES string of the molecule is O=S(=O)(c1ccc(Cl)cc1)N1CCCCC1CNc1cnc2cc(F)c(F)cc2n1. The Hall–Kier alpha value is -2.36. The minimum atomic E-state index is -3.67. The first kappa shape index (κ1) is 20.9. The van der Waals surface area contributed by atoms with Crippen LogP contribution in [0.25, 0.3) is 11.0 Å². The molecule has 0 radical (unpaired) electrons. The summed E-state index contributed by atoms with van der Waals surface area (Å²) < 4.78 is 54.5. The van der Waals surface area contributed by atoms with E-state index in [0.717, 1.165) is 25.0 Å². The van der Waals surface area contributed by atoms with Gasteiger partial charge in [-0.1, -0.05) is 18.0 Å². The number of nitrogens with zero attached hydrogens (tertiary/aromatic N) is 3. The molecule has 0 saturated carbocycles. The second kappa shape index (κ2) is 8.41. The molecule has 0 amide bonds. The summed E-state index contributed by atoms with van der Waals surface area (Å²) in [5.74, 6) is -1.62. The van der Waals surface area contributed by atoms with Gasteiger partial charge in [0.2, 0.25) is 10.0 Å². The summed E-state index contributed by atoms with van der Waals surface area (Å²) in [5, 5.41) is 3.56. The van der Waals surface area contributed by atoms with Crippen molar-refractivity contribution in [3.8, 4) is 0 Å². The third-order valence-electron chi connectivity index (χ3n) is 5.10. The van der Waals surface area contributed by atoms with Crippen LogP contribution >= 0.6 is 11.6 Å². The molecule has 1 aromatic heterocycles. The number of piperidine rings is 1. The predicted molar refractivity (Wildman–Crippen MR) is 111 cm³/mol. The van der Waals surface area contributed by atoms with Crippen molar-refractivity contribution in [1.82, 2.24) is 14.3 Å². The van der Waals surface area contributed by atoms with E-state index in [9.17, 15) is 17.2 Å². The van der Waals surface area contributed by atoms with E-state index in [1.165, 1.54) is 22.6 Å². The third-order valence-corrected chi connectivity index (χ3v) is 7.31. The summed E-state index contributed by atoms with van der Waals surface area (Å²) in [7, 11) is -3.67. The van der Waals surface area contributed by atoms with E-state index in [1.54, 1.807) is 12.1 Å². The molecule has 0 bridgehead atoms. The van der Waals surface area contributed by atoms with Gasteiger partial charge < -0.3 is 5.32 Å². The van der Waals surface area contributed by atoms with Gasteiger partial charge in [-0.25, -0.2) is 22.2 Å². The van der Waals surface area contributed by atoms with Crippen molar-refractivity contribution in [2.24, 2.45) is 0 Å². The largest absolute Gasteiger partial charge is 0.367 e. The van der Waals surface area contributed by atoms with Crippen LogP contribution in [-0.4, -0.2) is 41.8 Å². The molecule has 1 aliphatic heterocycles. The fourth-order valence-corrected chi connectivity index (χ4v) is 5.37. The minimum Gasteiger partial charge on any atom is -0.367 e. The smallest absolute Gasteiger partial charge is 0.243 e. The molecule has 0 spiro atoms. The highest BCUT2D eigenvalue weighted by Gasteiger charge is 2.33. The van der Waals surface area contributed by atoms with Gasteiger partial charge in [0, 0.05) is 36.3 Å². The van der Waals surface area contributed by atoms with Gasteiger partial charge in [-0.05, 0) is 37.1 Å². The molecular weight excluding hydrogens is 434 g/mol. The normalized spacial score (nSPS) is 17.9. The summed E-state index contributed by atoms with van der Waals surface area (Å²) in [4.78, 5) is 8.54. The van der Waals surface area contributed by atoms with Crippen molar-refractivity contribution in [3.63, 3.8) is 0 Å². The number of hydrogen-bond donors (Lipinski definition) is 1. The number of rotatable bonds is 5. The van der Waals surface area contributed by atoms with Crippen LogP contribution in [0, 0.1) is 11.6 Å². The van der Waals surface area contributed by atoms with Gasteiger partial charge in [0.05, 0.1) is 22.1 Å². The van der Waals surface area contributed by atoms with Crippen LogP contribution in [0.3, 0.4) is 0 Å². The van der Waals surface area contributed by atoms with E-state index >= 15 is 0 Å². The Morgan fingerprint density at radius 3 is 2.53 bits per heavy atom. The molecule has 2 aromatic carbocycles. The molecule has 30 heavy (non-hydrogen) atoms. The number of nitrogens with one attached hydrogen (secondary N) is 1. The van der Waals surface area contributed by atoms with E-state index in [2.05, 4.69) is 15.3 Å². The maximum Gasteiger partial charge on any atom is 0.243 e. The Kier molecular flexibility index (Phi) is 5.86. The van der Waals surface area contributed by atoms with Crippen molar-refractivity contribution in [3.05, 3.63) is 59.3 Å². The highest BCUT2D eigenvalue weighted by Crippen LogP contribution is 2.26. The van der Waals surface area contributed by atoms with Crippen LogP contribution in [0.2, 0.25) is 5.02 Å². The summed E-state index contributed by atoms with van der Waals surface area (Å²) in [6.45, 7) is 0.738. The van der Waals surface area contributed by atoms with E-state index in [1.807, 2.05) is 0 Å². The first-order valence-electron chi connectivity index (χ1n) is 9.48. The molecule has 1 fully saturated rings. The molecule has 10 heteroatoms. The van der Waals surface area contributed by atoms with Gasteiger partial charge in [0.1, 0.15) is 5.82 Å². The minimum absolute atomic E-state index is 0.196. The zero-order valence-electron chi connectivity index (χ0n) is 15.9. The lowest BCUT2D eigenvalue weighted by Crippen LogP contribution is -2.47. The first-order valence-corrected chi connectivity index (χ1v) is 11.3. The van der Waals surface area contributed by atoms with E-state index in [4.69, 9.17) is 11.6 Å². The Morgan fingerprint density at radius 1 is 1.10 bits per heavy atom. The molecule has 1 atom stereocenters. The molecule has 0 aliphatic carbocycles. The lowest BCUT2D eigenvalue weighted by Gasteiger charge is -2.34. The maximum absolute atomic E-state index is 13.5. The molecule has 6 nitrogen and oxygen atoms in total. The van der Waals surface area contributed by atoms with Crippen molar-refractivity contribution >= 4 is 38.5 Å². The van der Waals surface area contributed by atoms with Crippen LogP contribution in [0.5, 0.6) is 0 Å². The van der Waals surface area contributed by atoms with Crippen LogP contribution < -0.4 is 5.32 Å². The van der Waals surface area contributed by atoms with Gasteiger partial charge >= 0.3 is 0 Å². The van der Waals surface area contributed by atoms with E-state index in [0.29, 0.717) is 30.4 Å². The number of fused-ring (bicyclic) bond motifs is 1. The molecule has 158 valence electrons. The first-order chi connectivity index (χ1) is 14.3. The standard InChI is InChI=1S/C20H19ClF2N4O2S/c21-13-4-6-15(7-5-13)30(28,29)27-8-2-1-3-14(27)11-25-20-12-24-18-9-16(22)17(23)10-19(18)26-20/h4-7,9-10,12,14H,1-3,8,11H2,(H,25,26). The summed E-state index contributed by atoms with van der Waals surface area (Å²) in [6, 6.07) is 7.81. The van der Waals surface area contributed by atoms with Gasteiger partial charge in [0.25, 0.3) is 0 Å². The Bertz CT molecular complexity index is 1180. The third kappa shape index (κ3) is 4.23. The quantitative estimate of drug-likeness (QED) is 0.627. The number of sulfonamides is 1. The van der Waals surface area contributed by atoms with Crippen molar-refractivity contribution in [1.29, 1.82) is 0 Å². The Morgan fingerprint density at radius 2 is 1.80 bits per heavy atom. The average molecular weight is 453 g/mol. The molecule has 1 saturated heterocycles. The van der Waals surface area contributed by atoms with Gasteiger partial charge in [-0.3, -0.25) is 4.98 Å². The summed E-state index contributed by atoms with van der Waals surface area (Å²) >= 11 is 5.88. The number of aromatic nitrogens is 2. The Labute approximate surface area is 177 Å². The van der Waals surface area contributed by atoms with Gasteiger partial charge in [0.15, 0.2) is 11.6 Å². The highest BCUT2D eigenvalue weighted by atomic mass is 35.5. The summed E-state index contributed by atoms with van der Waals surface area (Å²) in [6.07, 6.45) is 3.80.